The Labute approximate surface area is 212 Å². The van der Waals surface area contributed by atoms with Gasteiger partial charge in [0.1, 0.15) is 0 Å². The summed E-state index contributed by atoms with van der Waals surface area (Å²) in [6.07, 6.45) is -3.45. The number of pyridine rings is 1. The average molecular weight is 508 g/mol. The minimum atomic E-state index is -4.46. The topological polar surface area (TPSA) is 85.8 Å². The van der Waals surface area contributed by atoms with E-state index in [2.05, 4.69) is 31.2 Å². The number of hydrogen-bond donors (Lipinski definition) is 2. The summed E-state index contributed by atoms with van der Waals surface area (Å²) in [6.45, 7) is 6.25. The number of carbonyl (C=O) groups excluding carboxylic acids is 1. The van der Waals surface area contributed by atoms with Gasteiger partial charge < -0.3 is 11.1 Å². The summed E-state index contributed by atoms with van der Waals surface area (Å²) < 4.78 is 41.3. The maximum absolute atomic E-state index is 13.2. The average Bonchev–Trinajstić information content (AvgIpc) is 3.60. The smallest absolute Gasteiger partial charge is 0.382 e. The molecule has 2 aromatic heterocycles. The molecule has 9 heteroatoms. The summed E-state index contributed by atoms with van der Waals surface area (Å²) >= 11 is 0. The van der Waals surface area contributed by atoms with Gasteiger partial charge >= 0.3 is 6.18 Å². The van der Waals surface area contributed by atoms with Crippen molar-refractivity contribution in [3.63, 3.8) is 0 Å². The first-order chi connectivity index (χ1) is 17.3. The Morgan fingerprint density at radius 2 is 1.73 bits per heavy atom. The quantitative estimate of drug-likeness (QED) is 0.344. The molecule has 1 aliphatic rings. The van der Waals surface area contributed by atoms with E-state index >= 15 is 0 Å². The minimum absolute atomic E-state index is 0.197. The zero-order valence-corrected chi connectivity index (χ0v) is 21.1. The summed E-state index contributed by atoms with van der Waals surface area (Å²) in [5.74, 6) is 0.0759. The molecule has 1 fully saturated rings. The van der Waals surface area contributed by atoms with Crippen LogP contribution >= 0.6 is 0 Å². The van der Waals surface area contributed by atoms with Crippen LogP contribution in [0.15, 0.2) is 54.6 Å². The molecule has 0 spiro atoms. The third-order valence-corrected chi connectivity index (χ3v) is 6.97. The highest BCUT2D eigenvalue weighted by molar-refractivity contribution is 6.03. The van der Waals surface area contributed by atoms with Crippen molar-refractivity contribution in [1.29, 1.82) is 0 Å². The van der Waals surface area contributed by atoms with Gasteiger partial charge in [-0.05, 0) is 53.8 Å². The third-order valence-electron chi connectivity index (χ3n) is 6.97. The lowest BCUT2D eigenvalue weighted by Crippen LogP contribution is -2.28. The van der Waals surface area contributed by atoms with Crippen LogP contribution in [-0.2, 0) is 28.8 Å². The van der Waals surface area contributed by atoms with Crippen molar-refractivity contribution in [3.8, 4) is 11.1 Å². The Kier molecular flexibility index (Phi) is 5.58. The van der Waals surface area contributed by atoms with Crippen molar-refractivity contribution in [2.45, 2.75) is 50.6 Å². The Bertz CT molecular complexity index is 1510. The molecule has 37 heavy (non-hydrogen) atoms. The number of aryl methyl sites for hydroxylation is 1. The number of anilines is 2. The van der Waals surface area contributed by atoms with Gasteiger partial charge in [0.05, 0.1) is 16.4 Å². The highest BCUT2D eigenvalue weighted by Crippen LogP contribution is 2.50. The molecule has 2 heterocycles. The van der Waals surface area contributed by atoms with E-state index < -0.39 is 17.2 Å². The number of hydrogen-bond acceptors (Lipinski definition) is 4. The predicted molar refractivity (Wildman–Crippen MR) is 138 cm³/mol. The molecule has 1 aliphatic carbocycles. The summed E-state index contributed by atoms with van der Waals surface area (Å²) in [5, 5.41) is 8.00. The van der Waals surface area contributed by atoms with Crippen LogP contribution in [0.25, 0.3) is 22.2 Å². The van der Waals surface area contributed by atoms with Crippen LogP contribution in [0.1, 0.15) is 50.4 Å². The number of benzene rings is 2. The standard InChI is InChI=1S/C28H28F3N5O/c1-26(2,3)21-15-20(22-23(32)35-36(4)24(22)34-21)16-8-10-19(11-9-16)33-25(37)27(12-13-27)17-6-5-7-18(14-17)28(29,30)31/h5-11,14-15H,12-13H2,1-4H3,(H2,32,35)(H,33,37). The Balaban J connectivity index is 1.44. The number of aromatic nitrogens is 3. The second-order valence-electron chi connectivity index (χ2n) is 10.7. The second-order valence-corrected chi connectivity index (χ2v) is 10.7. The molecule has 192 valence electrons. The SMILES string of the molecule is Cn1nc(N)c2c(-c3ccc(NC(=O)C4(c5cccc(C(F)(F)F)c5)CC4)cc3)cc(C(C)(C)C)nc21. The maximum atomic E-state index is 13.2. The Morgan fingerprint density at radius 1 is 1.05 bits per heavy atom. The number of halogens is 3. The largest absolute Gasteiger partial charge is 0.416 e. The zero-order chi connectivity index (χ0) is 26.8. The molecular weight excluding hydrogens is 479 g/mol. The molecule has 0 unspecified atom stereocenters. The van der Waals surface area contributed by atoms with Gasteiger partial charge in [-0.2, -0.15) is 18.3 Å². The van der Waals surface area contributed by atoms with E-state index in [4.69, 9.17) is 10.7 Å². The Morgan fingerprint density at radius 3 is 2.32 bits per heavy atom. The number of fused-ring (bicyclic) bond motifs is 1. The van der Waals surface area contributed by atoms with Gasteiger partial charge in [-0.3, -0.25) is 4.79 Å². The molecule has 4 aromatic rings. The number of nitrogens with two attached hydrogens (primary N) is 1. The van der Waals surface area contributed by atoms with Crippen LogP contribution in [0.4, 0.5) is 24.7 Å². The molecule has 2 aromatic carbocycles. The molecule has 0 atom stereocenters. The first kappa shape index (κ1) is 24.8. The third kappa shape index (κ3) is 4.43. The molecule has 0 radical (unpaired) electrons. The van der Waals surface area contributed by atoms with Crippen LogP contribution < -0.4 is 11.1 Å². The van der Waals surface area contributed by atoms with Crippen molar-refractivity contribution in [2.24, 2.45) is 7.05 Å². The van der Waals surface area contributed by atoms with E-state index in [1.807, 2.05) is 18.2 Å². The lowest BCUT2D eigenvalue weighted by atomic mass is 9.89. The van der Waals surface area contributed by atoms with E-state index in [1.54, 1.807) is 29.9 Å². The fourth-order valence-corrected chi connectivity index (χ4v) is 4.64. The molecule has 3 N–H and O–H groups in total. The molecule has 0 bridgehead atoms. The number of alkyl halides is 3. The number of nitrogens with zero attached hydrogens (tertiary/aromatic N) is 3. The molecule has 6 nitrogen and oxygen atoms in total. The second kappa shape index (κ2) is 8.33. The van der Waals surface area contributed by atoms with Crippen LogP contribution in [0, 0.1) is 0 Å². The van der Waals surface area contributed by atoms with Gasteiger partial charge in [0.15, 0.2) is 11.5 Å². The summed E-state index contributed by atoms with van der Waals surface area (Å²) in [5.41, 5.74) is 8.64. The number of nitrogen functional groups attached to an aromatic ring is 1. The van der Waals surface area contributed by atoms with Crippen LogP contribution in [0.2, 0.25) is 0 Å². The van der Waals surface area contributed by atoms with Crippen molar-refractivity contribution in [3.05, 3.63) is 71.4 Å². The predicted octanol–water partition coefficient (Wildman–Crippen LogP) is 6.20. The van der Waals surface area contributed by atoms with Crippen LogP contribution in [-0.4, -0.2) is 20.7 Å². The zero-order valence-electron chi connectivity index (χ0n) is 21.1. The van der Waals surface area contributed by atoms with E-state index in [0.29, 0.717) is 35.6 Å². The molecule has 1 amide bonds. The van der Waals surface area contributed by atoms with E-state index in [0.717, 1.165) is 34.3 Å². The van der Waals surface area contributed by atoms with Crippen molar-refractivity contribution in [2.75, 3.05) is 11.1 Å². The van der Waals surface area contributed by atoms with Gasteiger partial charge in [0.2, 0.25) is 5.91 Å². The number of rotatable bonds is 4. The maximum Gasteiger partial charge on any atom is 0.416 e. The van der Waals surface area contributed by atoms with Crippen molar-refractivity contribution >= 4 is 28.4 Å². The normalized spacial score (nSPS) is 15.1. The van der Waals surface area contributed by atoms with Crippen LogP contribution in [0.3, 0.4) is 0 Å². The molecule has 1 saturated carbocycles. The first-order valence-corrected chi connectivity index (χ1v) is 12.0. The fraction of sp³-hybridized carbons (Fsp3) is 0.321. The van der Waals surface area contributed by atoms with E-state index in [1.165, 1.54) is 6.07 Å². The minimum Gasteiger partial charge on any atom is -0.382 e. The Hall–Kier alpha value is -3.88. The highest BCUT2D eigenvalue weighted by atomic mass is 19.4. The van der Waals surface area contributed by atoms with E-state index in [-0.39, 0.29) is 11.3 Å². The lowest BCUT2D eigenvalue weighted by molar-refractivity contribution is -0.137. The highest BCUT2D eigenvalue weighted by Gasteiger charge is 2.51. The fourth-order valence-electron chi connectivity index (χ4n) is 4.64. The number of nitrogens with one attached hydrogen (secondary N) is 1. The van der Waals surface area contributed by atoms with Gasteiger partial charge in [-0.25, -0.2) is 9.67 Å². The first-order valence-electron chi connectivity index (χ1n) is 12.0. The summed E-state index contributed by atoms with van der Waals surface area (Å²) in [4.78, 5) is 17.9. The van der Waals surface area contributed by atoms with Gasteiger partial charge in [-0.1, -0.05) is 51.1 Å². The van der Waals surface area contributed by atoms with Crippen LogP contribution in [0.5, 0.6) is 0 Å². The molecule has 0 aliphatic heterocycles. The summed E-state index contributed by atoms with van der Waals surface area (Å²) in [7, 11) is 1.80. The molecule has 0 saturated heterocycles. The molecule has 5 rings (SSSR count). The number of amides is 1. The van der Waals surface area contributed by atoms with Gasteiger partial charge in [-0.15, -0.1) is 0 Å². The molecular formula is C28H28F3N5O. The van der Waals surface area contributed by atoms with Gasteiger partial charge in [0.25, 0.3) is 0 Å². The van der Waals surface area contributed by atoms with Crippen molar-refractivity contribution in [1.82, 2.24) is 14.8 Å². The van der Waals surface area contributed by atoms with Gasteiger partial charge in [0, 0.05) is 23.8 Å². The number of carbonyl (C=O) groups is 1. The monoisotopic (exact) mass is 507 g/mol. The van der Waals surface area contributed by atoms with Crippen molar-refractivity contribution < 1.29 is 18.0 Å². The lowest BCUT2D eigenvalue weighted by Gasteiger charge is -2.20. The summed E-state index contributed by atoms with van der Waals surface area (Å²) in [6, 6.07) is 14.4. The van der Waals surface area contributed by atoms with E-state index in [9.17, 15) is 18.0 Å².